The fourth-order valence-electron chi connectivity index (χ4n) is 3.64. The van der Waals surface area contributed by atoms with E-state index < -0.39 is 0 Å². The van der Waals surface area contributed by atoms with E-state index in [-0.39, 0.29) is 36.4 Å². The van der Waals surface area contributed by atoms with Crippen LogP contribution in [0.25, 0.3) is 10.6 Å². The van der Waals surface area contributed by atoms with Gasteiger partial charge in [0.2, 0.25) is 0 Å². The Hall–Kier alpha value is -1.84. The van der Waals surface area contributed by atoms with Crippen LogP contribution < -0.4 is 10.9 Å². The first kappa shape index (κ1) is 24.4. The summed E-state index contributed by atoms with van der Waals surface area (Å²) in [5, 5.41) is 10.6. The van der Waals surface area contributed by atoms with Crippen molar-refractivity contribution < 1.29 is 0 Å². The van der Waals surface area contributed by atoms with Crippen LogP contribution in [0, 0.1) is 13.8 Å². The number of piperazine rings is 1. The molecule has 0 spiro atoms. The van der Waals surface area contributed by atoms with Gasteiger partial charge in [0.1, 0.15) is 5.01 Å². The van der Waals surface area contributed by atoms with Gasteiger partial charge in [-0.2, -0.15) is 5.10 Å². The van der Waals surface area contributed by atoms with E-state index in [4.69, 9.17) is 4.98 Å². The van der Waals surface area contributed by atoms with Crippen LogP contribution in [0.4, 0.5) is 0 Å². The Bertz CT molecular complexity index is 1040. The summed E-state index contributed by atoms with van der Waals surface area (Å²) < 4.78 is 1.40. The van der Waals surface area contributed by atoms with E-state index in [1.807, 2.05) is 26.1 Å². The topological polar surface area (TPSA) is 75.9 Å². The number of nitrogens with zero attached hydrogens (tertiary/aromatic N) is 5. The minimum absolute atomic E-state index is 0. The fraction of sp³-hybridized carbons (Fsp3) is 0.400. The molecule has 1 fully saturated rings. The van der Waals surface area contributed by atoms with E-state index in [2.05, 4.69) is 31.7 Å². The quantitative estimate of drug-likeness (QED) is 0.634. The predicted molar refractivity (Wildman–Crippen MR) is 125 cm³/mol. The number of hydrogen-bond donors (Lipinski definition) is 1. The van der Waals surface area contributed by atoms with Gasteiger partial charge in [0.25, 0.3) is 5.56 Å². The van der Waals surface area contributed by atoms with Crippen LogP contribution in [0.5, 0.6) is 0 Å². The zero-order chi connectivity index (χ0) is 19.7. The van der Waals surface area contributed by atoms with E-state index >= 15 is 0 Å². The maximum Gasteiger partial charge on any atom is 0.277 e. The molecule has 30 heavy (non-hydrogen) atoms. The Morgan fingerprint density at radius 2 is 2.10 bits per heavy atom. The van der Waals surface area contributed by atoms with Crippen molar-refractivity contribution in [2.45, 2.75) is 26.4 Å². The maximum atomic E-state index is 12.6. The molecule has 0 aromatic carbocycles. The highest BCUT2D eigenvalue weighted by molar-refractivity contribution is 7.13. The second kappa shape index (κ2) is 10.5. The molecule has 10 heteroatoms. The average Bonchev–Trinajstić information content (AvgIpc) is 3.16. The van der Waals surface area contributed by atoms with Crippen molar-refractivity contribution in [3.8, 4) is 10.6 Å². The number of nitrogens with one attached hydrogen (secondary N) is 1. The molecule has 4 rings (SSSR count). The van der Waals surface area contributed by atoms with Crippen molar-refractivity contribution in [2.75, 3.05) is 19.6 Å². The van der Waals surface area contributed by atoms with Gasteiger partial charge in [-0.15, -0.1) is 36.2 Å². The third-order valence-corrected chi connectivity index (χ3v) is 6.19. The fourth-order valence-corrected chi connectivity index (χ4v) is 4.54. The molecule has 0 aliphatic carbocycles. The van der Waals surface area contributed by atoms with Crippen molar-refractivity contribution in [1.82, 2.24) is 30.0 Å². The number of rotatable bonds is 4. The molecule has 3 aromatic rings. The Morgan fingerprint density at radius 1 is 1.30 bits per heavy atom. The van der Waals surface area contributed by atoms with Gasteiger partial charge < -0.3 is 5.32 Å². The van der Waals surface area contributed by atoms with Crippen molar-refractivity contribution in [1.29, 1.82) is 0 Å². The highest BCUT2D eigenvalue weighted by Gasteiger charge is 2.25. The molecule has 1 N–H and O–H groups in total. The molecule has 0 bridgehead atoms. The van der Waals surface area contributed by atoms with Crippen LogP contribution in [0.3, 0.4) is 0 Å². The zero-order valence-electron chi connectivity index (χ0n) is 17.2. The smallest absolute Gasteiger partial charge is 0.277 e. The Morgan fingerprint density at radius 3 is 2.83 bits per heavy atom. The number of hydrogen-bond acceptors (Lipinski definition) is 7. The monoisotopic (exact) mass is 468 g/mol. The van der Waals surface area contributed by atoms with Gasteiger partial charge in [-0.1, -0.05) is 6.07 Å². The molecule has 3 aromatic heterocycles. The summed E-state index contributed by atoms with van der Waals surface area (Å²) in [5.74, 6) is 0. The number of thiazole rings is 1. The molecular formula is C20H26Cl2N6OS. The van der Waals surface area contributed by atoms with Crippen molar-refractivity contribution >= 4 is 36.2 Å². The number of halogens is 2. The minimum Gasteiger partial charge on any atom is -0.314 e. The first-order valence-electron chi connectivity index (χ1n) is 9.38. The van der Waals surface area contributed by atoms with Crippen LogP contribution in [-0.2, 0) is 13.6 Å². The summed E-state index contributed by atoms with van der Waals surface area (Å²) in [5.41, 5.74) is 4.52. The Labute approximate surface area is 192 Å². The molecule has 162 valence electrons. The van der Waals surface area contributed by atoms with Crippen LogP contribution >= 0.6 is 36.2 Å². The van der Waals surface area contributed by atoms with Gasteiger partial charge in [-0.3, -0.25) is 14.7 Å². The Kier molecular flexibility index (Phi) is 8.52. The van der Waals surface area contributed by atoms with Gasteiger partial charge in [0, 0.05) is 57.0 Å². The molecular weight excluding hydrogens is 443 g/mol. The van der Waals surface area contributed by atoms with E-state index in [1.54, 1.807) is 13.2 Å². The highest BCUT2D eigenvalue weighted by atomic mass is 35.5. The van der Waals surface area contributed by atoms with Gasteiger partial charge in [-0.25, -0.2) is 9.67 Å². The largest absolute Gasteiger partial charge is 0.314 e. The molecule has 1 aliphatic heterocycles. The lowest BCUT2D eigenvalue weighted by Crippen LogP contribution is -2.45. The molecule has 0 saturated carbocycles. The van der Waals surface area contributed by atoms with Crippen LogP contribution in [0.2, 0.25) is 0 Å². The first-order chi connectivity index (χ1) is 13.5. The van der Waals surface area contributed by atoms with E-state index in [0.29, 0.717) is 5.56 Å². The molecule has 0 radical (unpaired) electrons. The molecule has 4 heterocycles. The highest BCUT2D eigenvalue weighted by Crippen LogP contribution is 2.28. The van der Waals surface area contributed by atoms with Gasteiger partial charge in [0.05, 0.1) is 17.0 Å². The lowest BCUT2D eigenvalue weighted by atomic mass is 10.1. The predicted octanol–water partition coefficient (Wildman–Crippen LogP) is 2.91. The standard InChI is InChI=1S/C20H24N6OS.2ClH/c1-13-14(2)24-25(3)20(27)18(13)19-23-16(12-28-19)11-26-8-7-22-10-17(26)15-5-4-6-21-9-15;;/h4-6,9,12,17,22H,7-8,10-11H2,1-3H3;2*1H. The van der Waals surface area contributed by atoms with Gasteiger partial charge in [-0.05, 0) is 31.0 Å². The van der Waals surface area contributed by atoms with Crippen LogP contribution in [0.1, 0.15) is 28.6 Å². The lowest BCUT2D eigenvalue weighted by Gasteiger charge is -2.35. The van der Waals surface area contributed by atoms with Crippen LogP contribution in [0.15, 0.2) is 34.7 Å². The molecule has 1 aliphatic rings. The number of aromatic nitrogens is 4. The first-order valence-corrected chi connectivity index (χ1v) is 10.3. The van der Waals surface area contributed by atoms with E-state index in [9.17, 15) is 4.79 Å². The average molecular weight is 469 g/mol. The number of aryl methyl sites for hydroxylation is 2. The summed E-state index contributed by atoms with van der Waals surface area (Å²) in [4.78, 5) is 24.1. The van der Waals surface area contributed by atoms with Crippen molar-refractivity contribution in [3.63, 3.8) is 0 Å². The summed E-state index contributed by atoms with van der Waals surface area (Å²) in [6, 6.07) is 4.37. The lowest BCUT2D eigenvalue weighted by molar-refractivity contribution is 0.152. The second-order valence-electron chi connectivity index (χ2n) is 7.13. The molecule has 1 saturated heterocycles. The molecule has 7 nitrogen and oxygen atoms in total. The second-order valence-corrected chi connectivity index (χ2v) is 7.99. The van der Waals surface area contributed by atoms with E-state index in [1.165, 1.54) is 21.6 Å². The molecule has 1 unspecified atom stereocenters. The molecule has 1 atom stereocenters. The Balaban J connectivity index is 0.00000160. The van der Waals surface area contributed by atoms with Gasteiger partial charge >= 0.3 is 0 Å². The van der Waals surface area contributed by atoms with Crippen LogP contribution in [-0.4, -0.2) is 44.3 Å². The minimum atomic E-state index is -0.0978. The molecule has 0 amide bonds. The normalized spacial score (nSPS) is 16.6. The zero-order valence-corrected chi connectivity index (χ0v) is 19.6. The summed E-state index contributed by atoms with van der Waals surface area (Å²) >= 11 is 1.53. The van der Waals surface area contributed by atoms with E-state index in [0.717, 1.165) is 48.1 Å². The van der Waals surface area contributed by atoms with Crippen molar-refractivity contribution in [2.24, 2.45) is 7.05 Å². The number of pyridine rings is 1. The van der Waals surface area contributed by atoms with Crippen molar-refractivity contribution in [3.05, 3.63) is 62.8 Å². The third kappa shape index (κ3) is 4.90. The van der Waals surface area contributed by atoms with Gasteiger partial charge in [0.15, 0.2) is 0 Å². The SMILES string of the molecule is Cc1nn(C)c(=O)c(-c2nc(CN3CCNCC3c3cccnc3)cs2)c1C.Cl.Cl. The summed E-state index contributed by atoms with van der Waals surface area (Å²) in [6.07, 6.45) is 3.74. The third-order valence-electron chi connectivity index (χ3n) is 5.28. The summed E-state index contributed by atoms with van der Waals surface area (Å²) in [7, 11) is 1.69. The maximum absolute atomic E-state index is 12.6. The summed E-state index contributed by atoms with van der Waals surface area (Å²) in [6.45, 7) is 7.41.